The third kappa shape index (κ3) is 3.68. The Morgan fingerprint density at radius 2 is 2.00 bits per heavy atom. The van der Waals surface area contributed by atoms with Gasteiger partial charge in [-0.2, -0.15) is 0 Å². The molecule has 1 aliphatic carbocycles. The fourth-order valence-electron chi connectivity index (χ4n) is 3.28. The molecular formula is C20H16Cl2N2O2S. The lowest BCUT2D eigenvalue weighted by atomic mass is 9.95. The van der Waals surface area contributed by atoms with Gasteiger partial charge in [0, 0.05) is 15.5 Å². The lowest BCUT2D eigenvalue weighted by Gasteiger charge is -2.10. The summed E-state index contributed by atoms with van der Waals surface area (Å²) in [6, 6.07) is 8.87. The van der Waals surface area contributed by atoms with Crippen LogP contribution in [0.5, 0.6) is 0 Å². The van der Waals surface area contributed by atoms with E-state index < -0.39 is 5.91 Å². The number of fused-ring (bicyclic) bond motifs is 1. The van der Waals surface area contributed by atoms with Crippen LogP contribution in [0.25, 0.3) is 11.3 Å². The van der Waals surface area contributed by atoms with Gasteiger partial charge < -0.3 is 10.2 Å². The average molecular weight is 419 g/mol. The van der Waals surface area contributed by atoms with Gasteiger partial charge in [-0.25, -0.2) is 4.99 Å². The number of aliphatic imine (C=N–C) groups is 1. The maximum atomic E-state index is 11.9. The first-order valence-electron chi connectivity index (χ1n) is 8.56. The fourth-order valence-corrected chi connectivity index (χ4v) is 5.02. The number of amides is 1. The van der Waals surface area contributed by atoms with Gasteiger partial charge in [-0.3, -0.25) is 4.79 Å². The molecule has 1 aromatic carbocycles. The Bertz CT molecular complexity index is 1050. The van der Waals surface area contributed by atoms with E-state index in [4.69, 9.17) is 33.4 Å². The van der Waals surface area contributed by atoms with Gasteiger partial charge in [-0.1, -0.05) is 23.2 Å². The zero-order valence-electron chi connectivity index (χ0n) is 14.3. The summed E-state index contributed by atoms with van der Waals surface area (Å²) >= 11 is 13.7. The van der Waals surface area contributed by atoms with Crippen molar-refractivity contribution in [1.82, 2.24) is 0 Å². The quantitative estimate of drug-likeness (QED) is 0.524. The summed E-state index contributed by atoms with van der Waals surface area (Å²) in [5, 5.41) is 1.73. The van der Waals surface area contributed by atoms with Crippen molar-refractivity contribution in [2.45, 2.75) is 25.7 Å². The van der Waals surface area contributed by atoms with Crippen LogP contribution >= 0.6 is 34.5 Å². The highest BCUT2D eigenvalue weighted by atomic mass is 35.5. The van der Waals surface area contributed by atoms with Crippen LogP contribution in [0, 0.1) is 0 Å². The van der Waals surface area contributed by atoms with Crippen molar-refractivity contribution in [2.24, 2.45) is 10.7 Å². The zero-order chi connectivity index (χ0) is 19.0. The number of rotatable bonds is 4. The van der Waals surface area contributed by atoms with Gasteiger partial charge in [0.05, 0.1) is 16.8 Å². The number of halogens is 2. The van der Waals surface area contributed by atoms with Crippen molar-refractivity contribution < 1.29 is 9.21 Å². The predicted octanol–water partition coefficient (Wildman–Crippen LogP) is 6.04. The van der Waals surface area contributed by atoms with Gasteiger partial charge in [-0.15, -0.1) is 11.3 Å². The molecule has 3 aromatic rings. The monoisotopic (exact) mass is 418 g/mol. The van der Waals surface area contributed by atoms with E-state index in [1.807, 2.05) is 12.1 Å². The number of hydrogen-bond donors (Lipinski definition) is 1. The normalized spacial score (nSPS) is 13.9. The van der Waals surface area contributed by atoms with E-state index in [1.165, 1.54) is 4.88 Å². The van der Waals surface area contributed by atoms with E-state index in [1.54, 1.807) is 35.8 Å². The highest BCUT2D eigenvalue weighted by molar-refractivity contribution is 7.16. The summed E-state index contributed by atoms with van der Waals surface area (Å²) in [5.74, 6) is 0.770. The van der Waals surface area contributed by atoms with Crippen LogP contribution in [0.4, 0.5) is 5.00 Å². The molecule has 0 unspecified atom stereocenters. The minimum Gasteiger partial charge on any atom is -0.455 e. The van der Waals surface area contributed by atoms with Crippen molar-refractivity contribution in [3.8, 4) is 11.3 Å². The first-order chi connectivity index (χ1) is 13.0. The summed E-state index contributed by atoms with van der Waals surface area (Å²) in [5.41, 5.74) is 7.98. The molecule has 0 saturated heterocycles. The average Bonchev–Trinajstić information content (AvgIpc) is 3.24. The molecule has 0 radical (unpaired) electrons. The SMILES string of the molecule is NC(=O)c1c(N=Cc2ccc(-c3ccc(Cl)cc3Cl)o2)sc2c1CCCC2. The molecule has 0 fully saturated rings. The maximum absolute atomic E-state index is 11.9. The van der Waals surface area contributed by atoms with E-state index in [-0.39, 0.29) is 0 Å². The standard InChI is InChI=1S/C20H16Cl2N2O2S/c21-11-5-7-13(15(22)9-11)16-8-6-12(26-16)10-24-20-18(19(23)25)14-3-1-2-4-17(14)27-20/h5-10H,1-4H2,(H2,23,25). The summed E-state index contributed by atoms with van der Waals surface area (Å²) in [7, 11) is 0. The Hall–Kier alpha value is -2.08. The molecule has 0 aliphatic heterocycles. The molecule has 138 valence electrons. The lowest BCUT2D eigenvalue weighted by molar-refractivity contribution is 0.100. The Kier molecular flexibility index (Phi) is 5.08. The van der Waals surface area contributed by atoms with E-state index in [0.29, 0.717) is 32.1 Å². The maximum Gasteiger partial charge on any atom is 0.252 e. The number of nitrogens with two attached hydrogens (primary N) is 1. The first-order valence-corrected chi connectivity index (χ1v) is 10.1. The molecule has 0 atom stereocenters. The molecule has 4 rings (SSSR count). The molecule has 2 heterocycles. The molecule has 1 aliphatic rings. The highest BCUT2D eigenvalue weighted by Crippen LogP contribution is 2.39. The van der Waals surface area contributed by atoms with Crippen LogP contribution in [-0.2, 0) is 12.8 Å². The number of benzene rings is 1. The van der Waals surface area contributed by atoms with Crippen LogP contribution in [0.3, 0.4) is 0 Å². The van der Waals surface area contributed by atoms with Gasteiger partial charge in [0.1, 0.15) is 16.5 Å². The molecule has 2 N–H and O–H groups in total. The third-order valence-corrected chi connectivity index (χ3v) is 6.28. The minimum atomic E-state index is -0.422. The second kappa shape index (κ2) is 7.50. The Morgan fingerprint density at radius 1 is 1.19 bits per heavy atom. The van der Waals surface area contributed by atoms with Crippen molar-refractivity contribution in [2.75, 3.05) is 0 Å². The Balaban J connectivity index is 1.64. The molecule has 4 nitrogen and oxygen atoms in total. The van der Waals surface area contributed by atoms with Gasteiger partial charge in [-0.05, 0) is 61.6 Å². The number of carbonyl (C=O) groups is 1. The summed E-state index contributed by atoms with van der Waals surface area (Å²) < 4.78 is 5.83. The number of carbonyl (C=O) groups excluding carboxylic acids is 1. The minimum absolute atomic E-state index is 0.422. The van der Waals surface area contributed by atoms with Crippen molar-refractivity contribution in [3.63, 3.8) is 0 Å². The van der Waals surface area contributed by atoms with E-state index in [0.717, 1.165) is 36.8 Å². The molecule has 7 heteroatoms. The van der Waals surface area contributed by atoms with E-state index in [2.05, 4.69) is 4.99 Å². The van der Waals surface area contributed by atoms with Crippen molar-refractivity contribution in [3.05, 3.63) is 62.1 Å². The number of thiophene rings is 1. The van der Waals surface area contributed by atoms with Crippen LogP contribution in [-0.4, -0.2) is 12.1 Å². The summed E-state index contributed by atoms with van der Waals surface area (Å²) in [4.78, 5) is 17.6. The molecule has 1 amide bonds. The first kappa shape index (κ1) is 18.3. The molecule has 0 spiro atoms. The van der Waals surface area contributed by atoms with Gasteiger partial charge in [0.2, 0.25) is 0 Å². The van der Waals surface area contributed by atoms with Crippen LogP contribution < -0.4 is 5.73 Å². The molecule has 27 heavy (non-hydrogen) atoms. The molecule has 0 saturated carbocycles. The molecule has 0 bridgehead atoms. The number of hydrogen-bond acceptors (Lipinski definition) is 4. The van der Waals surface area contributed by atoms with Crippen molar-refractivity contribution >= 4 is 51.7 Å². The van der Waals surface area contributed by atoms with Crippen LogP contribution in [0.2, 0.25) is 10.0 Å². The zero-order valence-corrected chi connectivity index (χ0v) is 16.6. The number of furan rings is 1. The largest absolute Gasteiger partial charge is 0.455 e. The van der Waals surface area contributed by atoms with Gasteiger partial charge in [0.15, 0.2) is 0 Å². The van der Waals surface area contributed by atoms with E-state index in [9.17, 15) is 4.79 Å². The number of aryl methyl sites for hydroxylation is 1. The molecular weight excluding hydrogens is 403 g/mol. The number of nitrogens with zero attached hydrogens (tertiary/aromatic N) is 1. The fraction of sp³-hybridized carbons (Fsp3) is 0.200. The predicted molar refractivity (Wildman–Crippen MR) is 111 cm³/mol. The smallest absolute Gasteiger partial charge is 0.252 e. The Labute approximate surface area is 170 Å². The topological polar surface area (TPSA) is 68.6 Å². The number of primary amides is 1. The van der Waals surface area contributed by atoms with Gasteiger partial charge in [0.25, 0.3) is 5.91 Å². The van der Waals surface area contributed by atoms with Crippen molar-refractivity contribution in [1.29, 1.82) is 0 Å². The van der Waals surface area contributed by atoms with Crippen LogP contribution in [0.15, 0.2) is 39.7 Å². The third-order valence-electron chi connectivity index (χ3n) is 4.53. The second-order valence-electron chi connectivity index (χ2n) is 6.34. The van der Waals surface area contributed by atoms with Crippen LogP contribution in [0.1, 0.15) is 39.4 Å². The Morgan fingerprint density at radius 3 is 2.78 bits per heavy atom. The molecule has 2 aromatic heterocycles. The second-order valence-corrected chi connectivity index (χ2v) is 8.27. The summed E-state index contributed by atoms with van der Waals surface area (Å²) in [6.45, 7) is 0. The summed E-state index contributed by atoms with van der Waals surface area (Å²) in [6.07, 6.45) is 5.70. The lowest BCUT2D eigenvalue weighted by Crippen LogP contribution is -2.14. The van der Waals surface area contributed by atoms with Gasteiger partial charge >= 0.3 is 0 Å². The highest BCUT2D eigenvalue weighted by Gasteiger charge is 2.23. The van der Waals surface area contributed by atoms with E-state index >= 15 is 0 Å².